The number of H-pyrrole nitrogens is 2. The normalized spacial score (nSPS) is 10.8. The second-order valence-corrected chi connectivity index (χ2v) is 4.14. The van der Waals surface area contributed by atoms with Crippen LogP contribution in [0.1, 0.15) is 11.3 Å². The summed E-state index contributed by atoms with van der Waals surface area (Å²) in [7, 11) is 0. The summed E-state index contributed by atoms with van der Waals surface area (Å²) in [5.74, 6) is 0. The smallest absolute Gasteiger partial charge is 0.264 e. The summed E-state index contributed by atoms with van der Waals surface area (Å²) in [4.78, 5) is 11.0. The second-order valence-electron chi connectivity index (χ2n) is 4.14. The molecule has 17 heavy (non-hydrogen) atoms. The summed E-state index contributed by atoms with van der Waals surface area (Å²) >= 11 is 0. The lowest BCUT2D eigenvalue weighted by molar-refractivity contribution is 0.984. The Labute approximate surface area is 98.1 Å². The van der Waals surface area contributed by atoms with E-state index in [1.54, 1.807) is 6.07 Å². The van der Waals surface area contributed by atoms with Crippen LogP contribution in [-0.4, -0.2) is 10.2 Å². The molecule has 0 saturated heterocycles. The molecule has 1 heterocycles. The zero-order valence-corrected chi connectivity index (χ0v) is 9.23. The summed E-state index contributed by atoms with van der Waals surface area (Å²) in [6, 6.07) is 16.2. The molecule has 0 aliphatic heterocycles. The second kappa shape index (κ2) is 3.94. The van der Waals surface area contributed by atoms with Gasteiger partial charge in [-0.25, -0.2) is 0 Å². The third kappa shape index (κ3) is 1.99. The van der Waals surface area contributed by atoms with E-state index in [9.17, 15) is 4.79 Å². The predicted octanol–water partition coefficient (Wildman–Crippen LogP) is 2.45. The summed E-state index contributed by atoms with van der Waals surface area (Å²) < 4.78 is 0. The number of fused-ring (bicyclic) bond motifs is 1. The molecular formula is C14H12N2O. The maximum Gasteiger partial charge on any atom is 0.264 e. The van der Waals surface area contributed by atoms with Crippen molar-refractivity contribution < 1.29 is 0 Å². The van der Waals surface area contributed by atoms with Crippen LogP contribution in [-0.2, 0) is 6.42 Å². The molecule has 3 aromatic rings. The van der Waals surface area contributed by atoms with E-state index in [0.29, 0.717) is 0 Å². The Bertz CT molecular complexity index is 709. The standard InChI is InChI=1S/C14H12N2O/c17-14-9-13(15-16-14)8-10-5-6-11-3-1-2-4-12(11)7-10/h1-7,9H,8H2,(H2,15,16,17). The maximum atomic E-state index is 11.0. The Morgan fingerprint density at radius 1 is 0.882 bits per heavy atom. The molecule has 0 fully saturated rings. The molecule has 84 valence electrons. The van der Waals surface area contributed by atoms with Crippen LogP contribution in [0.4, 0.5) is 0 Å². The Morgan fingerprint density at radius 3 is 2.47 bits per heavy atom. The fourth-order valence-electron chi connectivity index (χ4n) is 2.04. The summed E-state index contributed by atoms with van der Waals surface area (Å²) in [5, 5.41) is 7.87. The van der Waals surface area contributed by atoms with Gasteiger partial charge in [-0.2, -0.15) is 0 Å². The molecule has 0 aliphatic carbocycles. The van der Waals surface area contributed by atoms with Crippen molar-refractivity contribution in [1.82, 2.24) is 10.2 Å². The minimum atomic E-state index is -0.0826. The minimum absolute atomic E-state index is 0.0826. The van der Waals surface area contributed by atoms with Crippen molar-refractivity contribution in [3.05, 3.63) is 70.1 Å². The molecule has 0 unspecified atom stereocenters. The van der Waals surface area contributed by atoms with Gasteiger partial charge in [0.15, 0.2) is 0 Å². The summed E-state index contributed by atoms with van der Waals surface area (Å²) in [5.41, 5.74) is 2.02. The van der Waals surface area contributed by atoms with Gasteiger partial charge in [-0.1, -0.05) is 42.5 Å². The molecule has 3 nitrogen and oxygen atoms in total. The van der Waals surface area contributed by atoms with Crippen LogP contribution in [0.15, 0.2) is 53.3 Å². The highest BCUT2D eigenvalue weighted by Crippen LogP contribution is 2.16. The van der Waals surface area contributed by atoms with Crippen LogP contribution >= 0.6 is 0 Å². The number of benzene rings is 2. The van der Waals surface area contributed by atoms with E-state index < -0.39 is 0 Å². The summed E-state index contributed by atoms with van der Waals surface area (Å²) in [6.45, 7) is 0. The van der Waals surface area contributed by atoms with E-state index in [-0.39, 0.29) is 5.56 Å². The molecule has 3 heteroatoms. The van der Waals surface area contributed by atoms with Crippen LogP contribution in [0, 0.1) is 0 Å². The molecule has 1 aromatic heterocycles. The molecule has 0 saturated carbocycles. The fraction of sp³-hybridized carbons (Fsp3) is 0.0714. The molecule has 0 amide bonds. The molecule has 0 bridgehead atoms. The van der Waals surface area contributed by atoms with E-state index in [1.165, 1.54) is 16.3 Å². The van der Waals surface area contributed by atoms with Gasteiger partial charge < -0.3 is 5.10 Å². The lowest BCUT2D eigenvalue weighted by Gasteiger charge is -2.02. The van der Waals surface area contributed by atoms with E-state index in [1.807, 2.05) is 12.1 Å². The number of aromatic nitrogens is 2. The molecule has 2 N–H and O–H groups in total. The Kier molecular flexibility index (Phi) is 2.29. The molecule has 0 atom stereocenters. The van der Waals surface area contributed by atoms with Gasteiger partial charge in [-0.3, -0.25) is 9.89 Å². The molecule has 0 spiro atoms. The minimum Gasteiger partial charge on any atom is -0.302 e. The van der Waals surface area contributed by atoms with Gasteiger partial charge in [0.2, 0.25) is 0 Å². The number of hydrogen-bond acceptors (Lipinski definition) is 1. The van der Waals surface area contributed by atoms with Crippen LogP contribution in [0.5, 0.6) is 0 Å². The van der Waals surface area contributed by atoms with E-state index in [2.05, 4.69) is 40.5 Å². The third-order valence-electron chi connectivity index (χ3n) is 2.86. The topological polar surface area (TPSA) is 48.6 Å². The van der Waals surface area contributed by atoms with Gasteiger partial charge in [0.1, 0.15) is 0 Å². The molecule has 0 aliphatic rings. The van der Waals surface area contributed by atoms with E-state index >= 15 is 0 Å². The van der Waals surface area contributed by atoms with Crippen LogP contribution in [0.3, 0.4) is 0 Å². The van der Waals surface area contributed by atoms with Crippen molar-refractivity contribution in [3.8, 4) is 0 Å². The zero-order valence-electron chi connectivity index (χ0n) is 9.23. The van der Waals surface area contributed by atoms with Gasteiger partial charge in [-0.05, 0) is 16.3 Å². The monoisotopic (exact) mass is 224 g/mol. The van der Waals surface area contributed by atoms with Crippen molar-refractivity contribution in [2.45, 2.75) is 6.42 Å². The van der Waals surface area contributed by atoms with Crippen molar-refractivity contribution in [3.63, 3.8) is 0 Å². The lowest BCUT2D eigenvalue weighted by Crippen LogP contribution is -1.93. The average molecular weight is 224 g/mol. The molecule has 3 rings (SSSR count). The number of nitrogens with one attached hydrogen (secondary N) is 2. The number of hydrogen-bond donors (Lipinski definition) is 2. The highest BCUT2D eigenvalue weighted by Gasteiger charge is 2.00. The summed E-state index contributed by atoms with van der Waals surface area (Å²) in [6.07, 6.45) is 0.740. The quantitative estimate of drug-likeness (QED) is 0.690. The Balaban J connectivity index is 1.98. The highest BCUT2D eigenvalue weighted by molar-refractivity contribution is 5.83. The SMILES string of the molecule is O=c1cc(Cc2ccc3ccccc3c2)[nH][nH]1. The first-order valence-corrected chi connectivity index (χ1v) is 5.55. The van der Waals surface area contributed by atoms with Gasteiger partial charge >= 0.3 is 0 Å². The van der Waals surface area contributed by atoms with Crippen molar-refractivity contribution in [2.75, 3.05) is 0 Å². The number of aromatic amines is 2. The van der Waals surface area contributed by atoms with E-state index in [0.717, 1.165) is 12.1 Å². The Morgan fingerprint density at radius 2 is 1.71 bits per heavy atom. The van der Waals surface area contributed by atoms with E-state index in [4.69, 9.17) is 0 Å². The van der Waals surface area contributed by atoms with Crippen molar-refractivity contribution in [1.29, 1.82) is 0 Å². The van der Waals surface area contributed by atoms with Crippen LogP contribution in [0.2, 0.25) is 0 Å². The average Bonchev–Trinajstić information content (AvgIpc) is 2.75. The first-order chi connectivity index (χ1) is 8.31. The van der Waals surface area contributed by atoms with Crippen molar-refractivity contribution in [2.24, 2.45) is 0 Å². The molecular weight excluding hydrogens is 212 g/mol. The third-order valence-corrected chi connectivity index (χ3v) is 2.86. The van der Waals surface area contributed by atoms with Gasteiger partial charge in [-0.15, -0.1) is 0 Å². The largest absolute Gasteiger partial charge is 0.302 e. The fourth-order valence-corrected chi connectivity index (χ4v) is 2.04. The van der Waals surface area contributed by atoms with Gasteiger partial charge in [0.25, 0.3) is 5.56 Å². The first kappa shape index (κ1) is 9.90. The van der Waals surface area contributed by atoms with Crippen LogP contribution < -0.4 is 5.56 Å². The highest BCUT2D eigenvalue weighted by atomic mass is 16.1. The van der Waals surface area contributed by atoms with Crippen LogP contribution in [0.25, 0.3) is 10.8 Å². The lowest BCUT2D eigenvalue weighted by atomic mass is 10.0. The Hall–Kier alpha value is -2.29. The maximum absolute atomic E-state index is 11.0. The first-order valence-electron chi connectivity index (χ1n) is 5.55. The van der Waals surface area contributed by atoms with Crippen molar-refractivity contribution >= 4 is 10.8 Å². The molecule has 2 aromatic carbocycles. The predicted molar refractivity (Wildman–Crippen MR) is 68.2 cm³/mol. The van der Waals surface area contributed by atoms with Gasteiger partial charge in [0, 0.05) is 18.2 Å². The number of rotatable bonds is 2. The zero-order chi connectivity index (χ0) is 11.7. The van der Waals surface area contributed by atoms with Gasteiger partial charge in [0.05, 0.1) is 0 Å². The molecule has 0 radical (unpaired) electrons.